The number of rotatable bonds is 16. The number of aliphatic hydroxyl groups is 2. The number of amides is 5. The third kappa shape index (κ3) is 14.6. The van der Waals surface area contributed by atoms with E-state index in [0.717, 1.165) is 25.7 Å². The number of ether oxygens (including phenoxy) is 1. The fraction of sp³-hybridized carbons (Fsp3) is 0.818. The molecule has 1 heterocycles. The van der Waals surface area contributed by atoms with Gasteiger partial charge in [-0.15, -0.1) is 0 Å². The van der Waals surface area contributed by atoms with Gasteiger partial charge in [0.25, 0.3) is 0 Å². The van der Waals surface area contributed by atoms with E-state index in [-0.39, 0.29) is 6.42 Å². The van der Waals surface area contributed by atoms with E-state index in [1.54, 1.807) is 20.8 Å². The minimum Gasteiger partial charge on any atom is -0.458 e. The molecule has 0 bridgehead atoms. The summed E-state index contributed by atoms with van der Waals surface area (Å²) in [6, 6.07) is -6.83. The van der Waals surface area contributed by atoms with Gasteiger partial charge in [0.05, 0.1) is 13.2 Å². The van der Waals surface area contributed by atoms with Crippen molar-refractivity contribution in [2.75, 3.05) is 13.2 Å². The van der Waals surface area contributed by atoms with Crippen molar-refractivity contribution < 1.29 is 43.7 Å². The van der Waals surface area contributed by atoms with E-state index in [2.05, 4.69) is 33.5 Å². The summed E-state index contributed by atoms with van der Waals surface area (Å²) in [5.41, 5.74) is 0. The highest BCUT2D eigenvalue weighted by Crippen LogP contribution is 2.15. The number of hydrogen-bond acceptors (Lipinski definition) is 9. The molecule has 47 heavy (non-hydrogen) atoms. The second-order valence-corrected chi connectivity index (χ2v) is 12.9. The minimum absolute atomic E-state index is 0.125. The van der Waals surface area contributed by atoms with E-state index < -0.39 is 96.9 Å². The largest absolute Gasteiger partial charge is 0.458 e. The molecule has 1 fully saturated rings. The first kappa shape index (κ1) is 41.8. The highest BCUT2D eigenvalue weighted by atomic mass is 16.5. The van der Waals surface area contributed by atoms with Crippen LogP contribution in [0.1, 0.15) is 112 Å². The van der Waals surface area contributed by atoms with Gasteiger partial charge in [-0.3, -0.25) is 24.0 Å². The Morgan fingerprint density at radius 3 is 1.72 bits per heavy atom. The summed E-state index contributed by atoms with van der Waals surface area (Å²) in [6.45, 7) is 8.77. The Bertz CT molecular complexity index is 1020. The normalized spacial score (nSPS) is 25.7. The molecular weight excluding hydrogens is 610 g/mol. The number of esters is 1. The lowest BCUT2D eigenvalue weighted by Crippen LogP contribution is -2.63. The van der Waals surface area contributed by atoms with Crippen LogP contribution < -0.4 is 26.6 Å². The third-order valence-corrected chi connectivity index (χ3v) is 8.52. The molecule has 7 N–H and O–H groups in total. The van der Waals surface area contributed by atoms with E-state index in [4.69, 9.17) is 4.74 Å². The lowest BCUT2D eigenvalue weighted by Gasteiger charge is -2.31. The van der Waals surface area contributed by atoms with Gasteiger partial charge in [-0.2, -0.15) is 0 Å². The van der Waals surface area contributed by atoms with Gasteiger partial charge >= 0.3 is 5.97 Å². The van der Waals surface area contributed by atoms with Gasteiger partial charge in [-0.05, 0) is 25.2 Å². The van der Waals surface area contributed by atoms with E-state index in [1.165, 1.54) is 32.6 Å². The zero-order valence-corrected chi connectivity index (χ0v) is 29.1. The van der Waals surface area contributed by atoms with Gasteiger partial charge < -0.3 is 41.5 Å². The lowest BCUT2D eigenvalue weighted by molar-refractivity contribution is -0.157. The number of carbonyl (C=O) groups excluding carboxylic acids is 6. The van der Waals surface area contributed by atoms with Crippen LogP contribution in [-0.2, 0) is 33.5 Å². The minimum atomic E-state index is -1.58. The molecule has 1 aliphatic rings. The number of aliphatic hydroxyl groups excluding tert-OH is 2. The van der Waals surface area contributed by atoms with Crippen LogP contribution in [0.3, 0.4) is 0 Å². The average Bonchev–Trinajstić information content (AvgIpc) is 3.03. The maximum atomic E-state index is 13.5. The van der Waals surface area contributed by atoms with Crippen molar-refractivity contribution in [3.63, 3.8) is 0 Å². The maximum absolute atomic E-state index is 13.5. The number of cyclic esters (lactones) is 1. The molecule has 0 aromatic rings. The van der Waals surface area contributed by atoms with Gasteiger partial charge in [0.15, 0.2) is 0 Å². The Kier molecular flexibility index (Phi) is 19.8. The zero-order valence-electron chi connectivity index (χ0n) is 29.1. The molecular formula is C33H59N5O9. The Balaban J connectivity index is 3.25. The maximum Gasteiger partial charge on any atom is 0.329 e. The summed E-state index contributed by atoms with van der Waals surface area (Å²) in [4.78, 5) is 79.2. The Morgan fingerprint density at radius 1 is 0.723 bits per heavy atom. The molecule has 0 saturated carbocycles. The van der Waals surface area contributed by atoms with Crippen LogP contribution in [0.15, 0.2) is 0 Å². The molecule has 0 spiro atoms. The lowest BCUT2D eigenvalue weighted by atomic mass is 9.97. The van der Waals surface area contributed by atoms with Gasteiger partial charge in [-0.25, -0.2) is 4.79 Å². The Morgan fingerprint density at radius 2 is 1.21 bits per heavy atom. The number of nitrogens with one attached hydrogen (secondary N) is 5. The first-order valence-corrected chi connectivity index (χ1v) is 17.2. The standard InChI is InChI=1S/C33H59N5O9/c1-7-9-10-11-12-13-14-15-16-17-25(41)36-28-22(6)47-33(46)27(21(5)8-2)38-31(44)26(20(3)4)37-30(43)24(19-40)34-29(42)23(18-39)35-32(28)45/h20-24,26-28,39-40H,7-19H2,1-6H3,(H,34,42)(H,35,45)(H,36,41)(H,37,43)(H,38,44). The molecule has 7 atom stereocenters. The number of hydrogen-bond donors (Lipinski definition) is 7. The Labute approximate surface area is 279 Å². The third-order valence-electron chi connectivity index (χ3n) is 8.52. The summed E-state index contributed by atoms with van der Waals surface area (Å²) in [7, 11) is 0. The van der Waals surface area contributed by atoms with Crippen LogP contribution in [0.5, 0.6) is 0 Å². The second kappa shape index (κ2) is 22.3. The fourth-order valence-corrected chi connectivity index (χ4v) is 5.19. The number of unbranched alkanes of at least 4 members (excludes halogenated alkanes) is 8. The van der Waals surface area contributed by atoms with Gasteiger partial charge in [0.1, 0.15) is 36.3 Å². The van der Waals surface area contributed by atoms with Crippen LogP contribution in [0, 0.1) is 11.8 Å². The molecule has 0 radical (unpaired) electrons. The van der Waals surface area contributed by atoms with Crippen LogP contribution >= 0.6 is 0 Å². The monoisotopic (exact) mass is 669 g/mol. The van der Waals surface area contributed by atoms with E-state index in [1.807, 2.05) is 6.92 Å². The van der Waals surface area contributed by atoms with Crippen molar-refractivity contribution in [2.24, 2.45) is 11.8 Å². The van der Waals surface area contributed by atoms with Crippen molar-refractivity contribution in [3.05, 3.63) is 0 Å². The molecule has 1 aliphatic heterocycles. The van der Waals surface area contributed by atoms with E-state index >= 15 is 0 Å². The first-order valence-electron chi connectivity index (χ1n) is 17.2. The Hall–Kier alpha value is -3.26. The highest BCUT2D eigenvalue weighted by Gasteiger charge is 2.38. The van der Waals surface area contributed by atoms with Gasteiger partial charge in [0, 0.05) is 6.42 Å². The molecule has 0 aliphatic carbocycles. The molecule has 7 unspecified atom stereocenters. The molecule has 0 aromatic heterocycles. The molecule has 1 saturated heterocycles. The second-order valence-electron chi connectivity index (χ2n) is 12.9. The quantitative estimate of drug-likeness (QED) is 0.0920. The smallest absolute Gasteiger partial charge is 0.329 e. The van der Waals surface area contributed by atoms with Crippen molar-refractivity contribution in [1.29, 1.82) is 0 Å². The first-order chi connectivity index (χ1) is 22.3. The SMILES string of the molecule is CCCCCCCCCCCC(=O)NC1C(=O)NC(CO)C(=O)NC(CO)C(=O)NC(C(C)C)C(=O)NC(C(C)CC)C(=O)OC1C. The molecule has 5 amide bonds. The van der Waals surface area contributed by atoms with E-state index in [9.17, 15) is 39.0 Å². The predicted octanol–water partition coefficient (Wildman–Crippen LogP) is 0.963. The van der Waals surface area contributed by atoms with Gasteiger partial charge in [-0.1, -0.05) is 92.4 Å². The number of carbonyl (C=O) groups is 6. The fourth-order valence-electron chi connectivity index (χ4n) is 5.19. The van der Waals surface area contributed by atoms with Crippen LogP contribution in [-0.4, -0.2) is 95.2 Å². The molecule has 14 nitrogen and oxygen atoms in total. The van der Waals surface area contributed by atoms with Crippen molar-refractivity contribution >= 4 is 35.5 Å². The van der Waals surface area contributed by atoms with Crippen LogP contribution in [0.25, 0.3) is 0 Å². The van der Waals surface area contributed by atoms with Crippen LogP contribution in [0.4, 0.5) is 0 Å². The highest BCUT2D eigenvalue weighted by molar-refractivity contribution is 5.96. The summed E-state index contributed by atoms with van der Waals surface area (Å²) in [5, 5.41) is 32.2. The molecule has 270 valence electrons. The topological polar surface area (TPSA) is 212 Å². The van der Waals surface area contributed by atoms with Gasteiger partial charge in [0.2, 0.25) is 29.5 Å². The summed E-state index contributed by atoms with van der Waals surface area (Å²) in [6.07, 6.45) is 8.86. The zero-order chi connectivity index (χ0) is 35.5. The summed E-state index contributed by atoms with van der Waals surface area (Å²) < 4.78 is 5.65. The molecule has 14 heteroatoms. The van der Waals surface area contributed by atoms with Crippen molar-refractivity contribution in [3.8, 4) is 0 Å². The van der Waals surface area contributed by atoms with Crippen LogP contribution in [0.2, 0.25) is 0 Å². The summed E-state index contributed by atoms with van der Waals surface area (Å²) in [5.74, 6) is -5.64. The van der Waals surface area contributed by atoms with Crippen molar-refractivity contribution in [2.45, 2.75) is 148 Å². The summed E-state index contributed by atoms with van der Waals surface area (Å²) >= 11 is 0. The van der Waals surface area contributed by atoms with Crippen molar-refractivity contribution in [1.82, 2.24) is 26.6 Å². The average molecular weight is 670 g/mol. The molecule has 1 rings (SSSR count). The predicted molar refractivity (Wildman–Crippen MR) is 176 cm³/mol. The van der Waals surface area contributed by atoms with E-state index in [0.29, 0.717) is 12.8 Å². The molecule has 0 aromatic carbocycles.